The standard InChI is InChI=1S/C18H20ClNO3/c1-10-9-11(19)5-6-12(10)20-15(23)18-8-7-17(4,16(18,2)3)13(21)14(18)22/h5-6,9H,7-8H2,1-4H3,(H,20,23)/t17-,18-/m1/s1. The van der Waals surface area contributed by atoms with Crippen molar-refractivity contribution in [3.8, 4) is 0 Å². The van der Waals surface area contributed by atoms with Crippen LogP contribution in [0.15, 0.2) is 18.2 Å². The van der Waals surface area contributed by atoms with E-state index in [2.05, 4.69) is 5.32 Å². The summed E-state index contributed by atoms with van der Waals surface area (Å²) >= 11 is 5.94. The molecule has 0 radical (unpaired) electrons. The third-order valence-electron chi connectivity index (χ3n) is 6.37. The van der Waals surface area contributed by atoms with Gasteiger partial charge in [-0.1, -0.05) is 32.4 Å². The molecule has 2 aliphatic rings. The lowest BCUT2D eigenvalue weighted by Crippen LogP contribution is -2.47. The van der Waals surface area contributed by atoms with Crippen LogP contribution in [0.2, 0.25) is 5.02 Å². The number of benzene rings is 1. The molecule has 2 bridgehead atoms. The Morgan fingerprint density at radius 2 is 1.78 bits per heavy atom. The van der Waals surface area contributed by atoms with E-state index in [1.807, 2.05) is 27.7 Å². The highest BCUT2D eigenvalue weighted by atomic mass is 35.5. The molecule has 3 rings (SSSR count). The molecule has 1 N–H and O–H groups in total. The first-order chi connectivity index (χ1) is 10.6. The minimum atomic E-state index is -1.27. The van der Waals surface area contributed by atoms with Crippen LogP contribution in [-0.2, 0) is 14.4 Å². The Balaban J connectivity index is 2.02. The van der Waals surface area contributed by atoms with Crippen LogP contribution in [0, 0.1) is 23.2 Å². The van der Waals surface area contributed by atoms with Crippen LogP contribution in [0.3, 0.4) is 0 Å². The minimum absolute atomic E-state index is 0.382. The Hall–Kier alpha value is -1.68. The van der Waals surface area contributed by atoms with Crippen molar-refractivity contribution >= 4 is 34.8 Å². The number of halogens is 1. The summed E-state index contributed by atoms with van der Waals surface area (Å²) in [5.41, 5.74) is -1.29. The summed E-state index contributed by atoms with van der Waals surface area (Å²) in [5, 5.41) is 3.43. The molecule has 0 saturated heterocycles. The lowest BCUT2D eigenvalue weighted by atomic mass is 9.64. The van der Waals surface area contributed by atoms with Crippen LogP contribution in [-0.4, -0.2) is 17.5 Å². The van der Waals surface area contributed by atoms with Crippen LogP contribution in [0.4, 0.5) is 5.69 Å². The molecule has 1 aromatic rings. The van der Waals surface area contributed by atoms with E-state index in [4.69, 9.17) is 11.6 Å². The highest BCUT2D eigenvalue weighted by Gasteiger charge is 2.77. The van der Waals surface area contributed by atoms with Gasteiger partial charge < -0.3 is 5.32 Å². The number of rotatable bonds is 2. The number of carbonyl (C=O) groups excluding carboxylic acids is 3. The van der Waals surface area contributed by atoms with E-state index in [-0.39, 0.29) is 5.91 Å². The molecule has 0 unspecified atom stereocenters. The van der Waals surface area contributed by atoms with Gasteiger partial charge in [0.15, 0.2) is 0 Å². The topological polar surface area (TPSA) is 63.2 Å². The molecule has 2 aliphatic carbocycles. The molecule has 0 aliphatic heterocycles. The molecule has 5 heteroatoms. The van der Waals surface area contributed by atoms with Gasteiger partial charge in [0, 0.05) is 16.1 Å². The monoisotopic (exact) mass is 333 g/mol. The van der Waals surface area contributed by atoms with E-state index in [1.54, 1.807) is 18.2 Å². The van der Waals surface area contributed by atoms with Gasteiger partial charge in [0.25, 0.3) is 0 Å². The molecule has 23 heavy (non-hydrogen) atoms. The van der Waals surface area contributed by atoms with E-state index in [1.165, 1.54) is 0 Å². The second kappa shape index (κ2) is 4.67. The molecule has 122 valence electrons. The average Bonchev–Trinajstić information content (AvgIpc) is 2.74. The summed E-state index contributed by atoms with van der Waals surface area (Å²) in [6.07, 6.45) is 0.983. The molecule has 1 amide bonds. The van der Waals surface area contributed by atoms with E-state index < -0.39 is 27.8 Å². The van der Waals surface area contributed by atoms with Gasteiger partial charge in [0.2, 0.25) is 17.5 Å². The highest BCUT2D eigenvalue weighted by molar-refractivity contribution is 6.49. The molecule has 2 fully saturated rings. The number of nitrogens with one attached hydrogen (secondary N) is 1. The number of anilines is 1. The fraction of sp³-hybridized carbons (Fsp3) is 0.500. The number of aryl methyl sites for hydroxylation is 1. The van der Waals surface area contributed by atoms with Gasteiger partial charge in [-0.2, -0.15) is 0 Å². The van der Waals surface area contributed by atoms with E-state index in [0.29, 0.717) is 23.6 Å². The van der Waals surface area contributed by atoms with Crippen molar-refractivity contribution in [3.05, 3.63) is 28.8 Å². The highest BCUT2D eigenvalue weighted by Crippen LogP contribution is 2.69. The summed E-state index contributed by atoms with van der Waals surface area (Å²) in [7, 11) is 0. The first kappa shape index (κ1) is 16.2. The normalized spacial score (nSPS) is 31.5. The molecular weight excluding hydrogens is 314 g/mol. The number of fused-ring (bicyclic) bond motifs is 2. The SMILES string of the molecule is Cc1cc(Cl)ccc1NC(=O)[C@@]12CC[C@](C)(C(=O)C1=O)C2(C)C. The number of Topliss-reactive ketones (excluding diaryl/α,β-unsaturated/α-hetero) is 2. The maximum Gasteiger partial charge on any atom is 0.239 e. The van der Waals surface area contributed by atoms with Crippen molar-refractivity contribution in [1.82, 2.24) is 0 Å². The fourth-order valence-electron chi connectivity index (χ4n) is 4.27. The van der Waals surface area contributed by atoms with E-state index >= 15 is 0 Å². The Kier molecular flexibility index (Phi) is 3.28. The Morgan fingerprint density at radius 1 is 1.13 bits per heavy atom. The number of carbonyl (C=O) groups is 3. The van der Waals surface area contributed by atoms with Gasteiger partial charge in [-0.25, -0.2) is 0 Å². The first-order valence-corrected chi connectivity index (χ1v) is 8.12. The Labute approximate surface area is 140 Å². The third-order valence-corrected chi connectivity index (χ3v) is 6.60. The molecule has 0 aromatic heterocycles. The predicted molar refractivity (Wildman–Crippen MR) is 88.4 cm³/mol. The smallest absolute Gasteiger partial charge is 0.239 e. The van der Waals surface area contributed by atoms with Gasteiger partial charge in [-0.15, -0.1) is 0 Å². The molecule has 4 nitrogen and oxygen atoms in total. The molecule has 0 heterocycles. The van der Waals surface area contributed by atoms with Gasteiger partial charge in [-0.3, -0.25) is 14.4 Å². The zero-order valence-electron chi connectivity index (χ0n) is 13.7. The van der Waals surface area contributed by atoms with Crippen molar-refractivity contribution in [2.75, 3.05) is 5.32 Å². The van der Waals surface area contributed by atoms with Crippen LogP contribution in [0.5, 0.6) is 0 Å². The largest absolute Gasteiger partial charge is 0.325 e. The lowest BCUT2D eigenvalue weighted by molar-refractivity contribution is -0.147. The summed E-state index contributed by atoms with van der Waals surface area (Å²) in [4.78, 5) is 38.1. The molecular formula is C18H20ClNO3. The maximum atomic E-state index is 13.0. The number of ketones is 2. The third kappa shape index (κ3) is 1.76. The summed E-state index contributed by atoms with van der Waals surface area (Å²) in [6, 6.07) is 5.16. The van der Waals surface area contributed by atoms with Gasteiger partial charge in [-0.05, 0) is 48.9 Å². The first-order valence-electron chi connectivity index (χ1n) is 7.75. The van der Waals surface area contributed by atoms with Crippen molar-refractivity contribution in [2.45, 2.75) is 40.5 Å². The molecule has 0 spiro atoms. The predicted octanol–water partition coefficient (Wildman–Crippen LogP) is 3.55. The quantitative estimate of drug-likeness (QED) is 0.665. The maximum absolute atomic E-state index is 13.0. The average molecular weight is 334 g/mol. The van der Waals surface area contributed by atoms with Crippen LogP contribution in [0.1, 0.15) is 39.2 Å². The molecule has 1 aromatic carbocycles. The molecule has 2 atom stereocenters. The summed E-state index contributed by atoms with van der Waals surface area (Å²) in [5.74, 6) is -1.33. The van der Waals surface area contributed by atoms with Crippen LogP contribution < -0.4 is 5.32 Å². The minimum Gasteiger partial charge on any atom is -0.325 e. The van der Waals surface area contributed by atoms with Gasteiger partial charge in [0.05, 0.1) is 0 Å². The van der Waals surface area contributed by atoms with Crippen molar-refractivity contribution in [2.24, 2.45) is 16.2 Å². The van der Waals surface area contributed by atoms with Crippen LogP contribution >= 0.6 is 11.6 Å². The van der Waals surface area contributed by atoms with Crippen molar-refractivity contribution in [1.29, 1.82) is 0 Å². The van der Waals surface area contributed by atoms with E-state index in [0.717, 1.165) is 5.56 Å². The Morgan fingerprint density at radius 3 is 2.30 bits per heavy atom. The second-order valence-electron chi connectivity index (χ2n) is 7.43. The van der Waals surface area contributed by atoms with Gasteiger partial charge >= 0.3 is 0 Å². The van der Waals surface area contributed by atoms with Crippen LogP contribution in [0.25, 0.3) is 0 Å². The second-order valence-corrected chi connectivity index (χ2v) is 7.87. The molecule has 2 saturated carbocycles. The Bertz CT molecular complexity index is 755. The zero-order chi connectivity index (χ0) is 17.2. The van der Waals surface area contributed by atoms with Crippen molar-refractivity contribution < 1.29 is 14.4 Å². The van der Waals surface area contributed by atoms with Gasteiger partial charge in [0.1, 0.15) is 5.41 Å². The number of hydrogen-bond donors (Lipinski definition) is 1. The lowest BCUT2D eigenvalue weighted by Gasteiger charge is -2.37. The fourth-order valence-corrected chi connectivity index (χ4v) is 4.50. The van der Waals surface area contributed by atoms with E-state index in [9.17, 15) is 14.4 Å². The summed E-state index contributed by atoms with van der Waals surface area (Å²) < 4.78 is 0. The summed E-state index contributed by atoms with van der Waals surface area (Å²) in [6.45, 7) is 7.36. The number of hydrogen-bond acceptors (Lipinski definition) is 3. The number of amides is 1. The zero-order valence-corrected chi connectivity index (χ0v) is 14.5. The van der Waals surface area contributed by atoms with Crippen molar-refractivity contribution in [3.63, 3.8) is 0 Å².